The van der Waals surface area contributed by atoms with Crippen molar-refractivity contribution in [2.24, 2.45) is 0 Å². The van der Waals surface area contributed by atoms with Crippen LogP contribution in [-0.2, 0) is 0 Å². The van der Waals surface area contributed by atoms with Gasteiger partial charge in [-0.3, -0.25) is 0 Å². The van der Waals surface area contributed by atoms with Crippen molar-refractivity contribution in [3.05, 3.63) is 181 Å². The van der Waals surface area contributed by atoms with Gasteiger partial charge in [-0.2, -0.15) is 0 Å². The van der Waals surface area contributed by atoms with Gasteiger partial charge in [0.1, 0.15) is 0 Å². The lowest BCUT2D eigenvalue weighted by Crippen LogP contribution is -2.12. The van der Waals surface area contributed by atoms with E-state index < -0.39 is 0 Å². The molecule has 0 atom stereocenters. The molecule has 0 bridgehead atoms. The normalized spacial score (nSPS) is 11.5. The first-order chi connectivity index (χ1) is 23.6. The van der Waals surface area contributed by atoms with Gasteiger partial charge in [-0.25, -0.2) is 0 Å². The van der Waals surface area contributed by atoms with Gasteiger partial charge in [0.15, 0.2) is 0 Å². The van der Waals surface area contributed by atoms with Crippen molar-refractivity contribution in [3.8, 4) is 22.3 Å². The minimum Gasteiger partial charge on any atom is -0.310 e. The molecule has 0 radical (unpaired) electrons. The third-order valence-corrected chi connectivity index (χ3v) is 9.72. The van der Waals surface area contributed by atoms with Gasteiger partial charge >= 0.3 is 0 Å². The van der Waals surface area contributed by atoms with Crippen LogP contribution in [0.2, 0.25) is 0 Å². The van der Waals surface area contributed by atoms with Gasteiger partial charge in [-0.1, -0.05) is 84.9 Å². The fraction of sp³-hybridized carbons (Fsp3) is 0.0435. The molecule has 0 unspecified atom stereocenters. The van der Waals surface area contributed by atoms with Crippen molar-refractivity contribution >= 4 is 55.7 Å². The maximum Gasteiger partial charge on any atom is 0.0519 e. The van der Waals surface area contributed by atoms with Crippen LogP contribution in [0.4, 0.5) is 34.1 Å². The first-order valence-electron chi connectivity index (χ1n) is 16.6. The molecule has 0 fully saturated rings. The summed E-state index contributed by atoms with van der Waals surface area (Å²) in [5, 5.41) is 5.01. The van der Waals surface area contributed by atoms with Crippen LogP contribution in [0.1, 0.15) is 11.1 Å². The summed E-state index contributed by atoms with van der Waals surface area (Å²) in [5.41, 5.74) is 14.8. The molecule has 2 nitrogen and oxygen atoms in total. The summed E-state index contributed by atoms with van der Waals surface area (Å²) in [5.74, 6) is 0. The summed E-state index contributed by atoms with van der Waals surface area (Å²) in [6, 6.07) is 61.7. The molecule has 0 spiro atoms. The summed E-state index contributed by atoms with van der Waals surface area (Å²) in [4.78, 5) is 4.73. The molecule has 8 aromatic rings. The van der Waals surface area contributed by atoms with Gasteiger partial charge in [-0.15, -0.1) is 0 Å². The van der Waals surface area contributed by atoms with Crippen LogP contribution in [-0.4, -0.2) is 0 Å². The van der Waals surface area contributed by atoms with Gasteiger partial charge in [0.05, 0.1) is 5.69 Å². The van der Waals surface area contributed by atoms with E-state index in [1.165, 1.54) is 60.6 Å². The molecular formula is C46H34N2. The summed E-state index contributed by atoms with van der Waals surface area (Å²) < 4.78 is 0. The van der Waals surface area contributed by atoms with Crippen molar-refractivity contribution in [1.82, 2.24) is 0 Å². The van der Waals surface area contributed by atoms with E-state index in [1.807, 2.05) is 0 Å². The van der Waals surface area contributed by atoms with E-state index in [9.17, 15) is 0 Å². The van der Waals surface area contributed by atoms with Gasteiger partial charge in [0, 0.05) is 28.4 Å². The number of para-hydroxylation sites is 4. The van der Waals surface area contributed by atoms with E-state index in [-0.39, 0.29) is 0 Å². The Morgan fingerprint density at radius 3 is 1.10 bits per heavy atom. The fourth-order valence-electron chi connectivity index (χ4n) is 7.42. The lowest BCUT2D eigenvalue weighted by atomic mass is 9.78. The third kappa shape index (κ3) is 4.65. The average molecular weight is 615 g/mol. The molecule has 48 heavy (non-hydrogen) atoms. The monoisotopic (exact) mass is 614 g/mol. The number of hydrogen-bond donors (Lipinski definition) is 0. The smallest absolute Gasteiger partial charge is 0.0519 e. The minimum atomic E-state index is 1.14. The topological polar surface area (TPSA) is 6.48 Å². The van der Waals surface area contributed by atoms with Crippen LogP contribution >= 0.6 is 0 Å². The largest absolute Gasteiger partial charge is 0.310 e. The molecule has 0 saturated carbocycles. The van der Waals surface area contributed by atoms with E-state index in [4.69, 9.17) is 0 Å². The Morgan fingerprint density at radius 2 is 0.667 bits per heavy atom. The summed E-state index contributed by atoms with van der Waals surface area (Å²) in [6.45, 7) is 4.40. The number of hydrogen-bond acceptors (Lipinski definition) is 2. The van der Waals surface area contributed by atoms with Crippen LogP contribution in [0.5, 0.6) is 0 Å². The number of benzene rings is 8. The van der Waals surface area contributed by atoms with E-state index in [1.54, 1.807) is 0 Å². The van der Waals surface area contributed by atoms with Crippen LogP contribution < -0.4 is 9.80 Å². The second-order valence-corrected chi connectivity index (χ2v) is 12.8. The van der Waals surface area contributed by atoms with Crippen LogP contribution in [0.3, 0.4) is 0 Å². The zero-order valence-electron chi connectivity index (χ0n) is 27.1. The molecule has 0 saturated heterocycles. The second-order valence-electron chi connectivity index (χ2n) is 12.8. The van der Waals surface area contributed by atoms with Crippen molar-refractivity contribution in [2.75, 3.05) is 9.80 Å². The molecule has 0 heterocycles. The Balaban J connectivity index is 1.12. The maximum absolute atomic E-state index is 2.40. The van der Waals surface area contributed by atoms with Gasteiger partial charge in [0.2, 0.25) is 0 Å². The first kappa shape index (κ1) is 28.1. The van der Waals surface area contributed by atoms with Crippen LogP contribution in [0, 0.1) is 13.8 Å². The van der Waals surface area contributed by atoms with Crippen molar-refractivity contribution in [1.29, 1.82) is 0 Å². The molecular weight excluding hydrogens is 581 g/mol. The Kier molecular flexibility index (Phi) is 6.62. The highest BCUT2D eigenvalue weighted by Gasteiger charge is 2.25. The fourth-order valence-corrected chi connectivity index (χ4v) is 7.42. The Bertz CT molecular complexity index is 2410. The lowest BCUT2D eigenvalue weighted by molar-refractivity contribution is 1.22. The molecule has 0 aromatic heterocycles. The first-order valence-corrected chi connectivity index (χ1v) is 16.6. The number of nitrogens with zero attached hydrogens (tertiary/aromatic N) is 2. The van der Waals surface area contributed by atoms with E-state index in [0.717, 1.165) is 28.4 Å². The Hall–Kier alpha value is -6.12. The lowest BCUT2D eigenvalue weighted by Gasteiger charge is -2.30. The molecule has 1 aliphatic rings. The SMILES string of the molecule is Cc1cccc(C)c1N(c1ccccc1)c1ccc2cc3c(cc2c1)-c1cc2ccc(N(c4ccccc4)c4ccccc4)cc2cc1-3. The van der Waals surface area contributed by atoms with Crippen molar-refractivity contribution < 1.29 is 0 Å². The molecule has 0 amide bonds. The second kappa shape index (κ2) is 11.3. The summed E-state index contributed by atoms with van der Waals surface area (Å²) in [6.07, 6.45) is 0. The molecule has 2 heteroatoms. The molecule has 0 N–H and O–H groups in total. The maximum atomic E-state index is 2.40. The quantitative estimate of drug-likeness (QED) is 0.184. The number of anilines is 6. The highest BCUT2D eigenvalue weighted by Crippen LogP contribution is 2.51. The summed E-state index contributed by atoms with van der Waals surface area (Å²) >= 11 is 0. The van der Waals surface area contributed by atoms with Crippen molar-refractivity contribution in [2.45, 2.75) is 13.8 Å². The predicted octanol–water partition coefficient (Wildman–Crippen LogP) is 13.2. The van der Waals surface area contributed by atoms with Gasteiger partial charge in [-0.05, 0) is 154 Å². The predicted molar refractivity (Wildman–Crippen MR) is 205 cm³/mol. The number of fused-ring (bicyclic) bond motifs is 6. The molecule has 0 aliphatic heterocycles. The molecule has 1 aliphatic carbocycles. The zero-order chi connectivity index (χ0) is 32.2. The van der Waals surface area contributed by atoms with Crippen LogP contribution in [0.25, 0.3) is 43.8 Å². The standard InChI is InChI=1S/C46H34N2/c1-31-13-12-14-32(2)46(31)48(39-19-10-5-11-20-39)41-24-22-34-28-43-44-29-35-25-40(23-21-33(35)27-42(44)45(43)30-36(34)26-41)47(37-15-6-3-7-16-37)38-17-8-4-9-18-38/h3-30H,1-2H3. The average Bonchev–Trinajstić information content (AvgIpc) is 3.13. The van der Waals surface area contributed by atoms with Gasteiger partial charge < -0.3 is 9.80 Å². The molecule has 9 rings (SSSR count). The summed E-state index contributed by atoms with van der Waals surface area (Å²) in [7, 11) is 0. The van der Waals surface area contributed by atoms with E-state index in [0.29, 0.717) is 0 Å². The van der Waals surface area contributed by atoms with Gasteiger partial charge in [0.25, 0.3) is 0 Å². The zero-order valence-corrected chi connectivity index (χ0v) is 27.1. The Morgan fingerprint density at radius 1 is 0.292 bits per heavy atom. The van der Waals surface area contributed by atoms with E-state index >= 15 is 0 Å². The minimum absolute atomic E-state index is 1.14. The highest BCUT2D eigenvalue weighted by atomic mass is 15.1. The third-order valence-electron chi connectivity index (χ3n) is 9.72. The Labute approximate surface area is 281 Å². The molecule has 8 aromatic carbocycles. The van der Waals surface area contributed by atoms with Crippen molar-refractivity contribution in [3.63, 3.8) is 0 Å². The molecule has 228 valence electrons. The van der Waals surface area contributed by atoms with Crippen LogP contribution in [0.15, 0.2) is 170 Å². The number of rotatable bonds is 6. The number of aryl methyl sites for hydroxylation is 2. The highest BCUT2D eigenvalue weighted by molar-refractivity contribution is 6.12. The van der Waals surface area contributed by atoms with E-state index in [2.05, 4.69) is 194 Å².